The number of aliphatic hydroxyl groups is 1. The van der Waals surface area contributed by atoms with Crippen molar-refractivity contribution in [1.29, 1.82) is 0 Å². The molecule has 3 N–H and O–H groups in total. The first kappa shape index (κ1) is 12.8. The molecule has 0 spiro atoms. The van der Waals surface area contributed by atoms with Gasteiger partial charge in [0.15, 0.2) is 0 Å². The molecule has 0 rings (SSSR count). The van der Waals surface area contributed by atoms with E-state index in [2.05, 4.69) is 10.6 Å². The summed E-state index contributed by atoms with van der Waals surface area (Å²) in [6.07, 6.45) is 0.275. The Bertz CT molecular complexity index is 110. The van der Waals surface area contributed by atoms with Gasteiger partial charge in [-0.3, -0.25) is 5.32 Å². The Morgan fingerprint density at radius 3 is 2.46 bits per heavy atom. The molecule has 0 amide bonds. The van der Waals surface area contributed by atoms with Crippen LogP contribution in [0.25, 0.3) is 0 Å². The quantitative estimate of drug-likeness (QED) is 0.370. The number of nitrogens with one attached hydrogen (secondary N) is 2. The van der Waals surface area contributed by atoms with Crippen molar-refractivity contribution in [3.63, 3.8) is 0 Å². The minimum Gasteiger partial charge on any atom is -0.395 e. The Morgan fingerprint density at radius 1 is 1.23 bits per heavy atom. The standard InChI is InChI=1S/C9H22N2O2/c1-8(2)13-7-10-4-5-11-9(3)6-12/h8-12H,4-7H2,1-3H3/t9-/m0/s1. The van der Waals surface area contributed by atoms with E-state index >= 15 is 0 Å². The summed E-state index contributed by atoms with van der Waals surface area (Å²) in [7, 11) is 0. The molecule has 0 aliphatic carbocycles. The summed E-state index contributed by atoms with van der Waals surface area (Å²) in [5.74, 6) is 0. The highest BCUT2D eigenvalue weighted by molar-refractivity contribution is 4.58. The third kappa shape index (κ3) is 9.76. The predicted molar refractivity (Wildman–Crippen MR) is 53.6 cm³/mol. The summed E-state index contributed by atoms with van der Waals surface area (Å²) in [6, 6.07) is 0.174. The normalized spacial score (nSPS) is 13.6. The first-order valence-electron chi connectivity index (χ1n) is 4.83. The third-order valence-corrected chi connectivity index (χ3v) is 1.59. The second-order valence-electron chi connectivity index (χ2n) is 3.40. The largest absolute Gasteiger partial charge is 0.395 e. The lowest BCUT2D eigenvalue weighted by Crippen LogP contribution is -2.36. The van der Waals surface area contributed by atoms with E-state index in [4.69, 9.17) is 9.84 Å². The number of hydrogen-bond acceptors (Lipinski definition) is 4. The van der Waals surface area contributed by atoms with Crippen LogP contribution >= 0.6 is 0 Å². The van der Waals surface area contributed by atoms with Gasteiger partial charge in [0.05, 0.1) is 19.4 Å². The van der Waals surface area contributed by atoms with Crippen LogP contribution in [-0.2, 0) is 4.74 Å². The number of aliphatic hydroxyl groups excluding tert-OH is 1. The van der Waals surface area contributed by atoms with Gasteiger partial charge < -0.3 is 15.2 Å². The van der Waals surface area contributed by atoms with Crippen LogP contribution in [0.4, 0.5) is 0 Å². The summed E-state index contributed by atoms with van der Waals surface area (Å²) < 4.78 is 5.29. The molecule has 0 radical (unpaired) electrons. The van der Waals surface area contributed by atoms with Crippen molar-refractivity contribution in [1.82, 2.24) is 10.6 Å². The molecule has 4 heteroatoms. The zero-order chi connectivity index (χ0) is 10.1. The van der Waals surface area contributed by atoms with Crippen molar-refractivity contribution in [2.24, 2.45) is 0 Å². The molecule has 1 atom stereocenters. The lowest BCUT2D eigenvalue weighted by Gasteiger charge is -2.12. The highest BCUT2D eigenvalue weighted by Gasteiger charge is 1.96. The molecule has 0 aliphatic heterocycles. The van der Waals surface area contributed by atoms with Crippen molar-refractivity contribution in [2.75, 3.05) is 26.4 Å². The van der Waals surface area contributed by atoms with E-state index in [9.17, 15) is 0 Å². The Hall–Kier alpha value is -0.160. The molecule has 0 saturated heterocycles. The average molecular weight is 190 g/mol. The van der Waals surface area contributed by atoms with Crippen molar-refractivity contribution >= 4 is 0 Å². The first-order chi connectivity index (χ1) is 6.16. The summed E-state index contributed by atoms with van der Waals surface area (Å²) in [6.45, 7) is 8.45. The monoisotopic (exact) mass is 190 g/mol. The van der Waals surface area contributed by atoms with Crippen LogP contribution in [0.3, 0.4) is 0 Å². The van der Waals surface area contributed by atoms with Crippen LogP contribution in [0.5, 0.6) is 0 Å². The average Bonchev–Trinajstić information content (AvgIpc) is 2.10. The minimum absolute atomic E-state index is 0.174. The summed E-state index contributed by atoms with van der Waals surface area (Å²) in [5, 5.41) is 15.0. The number of hydrogen-bond donors (Lipinski definition) is 3. The lowest BCUT2D eigenvalue weighted by atomic mass is 10.3. The Morgan fingerprint density at radius 2 is 1.92 bits per heavy atom. The molecule has 13 heavy (non-hydrogen) atoms. The SMILES string of the molecule is CC(C)OCNCCN[C@@H](C)CO. The second kappa shape index (κ2) is 8.44. The fourth-order valence-corrected chi connectivity index (χ4v) is 0.769. The molecule has 0 bridgehead atoms. The zero-order valence-corrected chi connectivity index (χ0v) is 8.84. The van der Waals surface area contributed by atoms with Crippen LogP contribution in [-0.4, -0.2) is 43.7 Å². The van der Waals surface area contributed by atoms with Gasteiger partial charge in [0.1, 0.15) is 0 Å². The van der Waals surface area contributed by atoms with E-state index in [1.807, 2.05) is 20.8 Å². The minimum atomic E-state index is 0.174. The van der Waals surface area contributed by atoms with Crippen molar-refractivity contribution in [2.45, 2.75) is 32.9 Å². The van der Waals surface area contributed by atoms with Gasteiger partial charge in [-0.05, 0) is 20.8 Å². The number of rotatable bonds is 8. The summed E-state index contributed by atoms with van der Waals surface area (Å²) in [5.41, 5.74) is 0. The maximum absolute atomic E-state index is 8.70. The third-order valence-electron chi connectivity index (χ3n) is 1.59. The maximum atomic E-state index is 8.70. The van der Waals surface area contributed by atoms with Gasteiger partial charge in [-0.25, -0.2) is 0 Å². The molecule has 0 aromatic rings. The van der Waals surface area contributed by atoms with Gasteiger partial charge in [-0.15, -0.1) is 0 Å². The maximum Gasteiger partial charge on any atom is 0.0969 e. The molecular weight excluding hydrogens is 168 g/mol. The molecule has 0 fully saturated rings. The Labute approximate surface area is 80.7 Å². The van der Waals surface area contributed by atoms with Gasteiger partial charge >= 0.3 is 0 Å². The second-order valence-corrected chi connectivity index (χ2v) is 3.40. The van der Waals surface area contributed by atoms with Gasteiger partial charge in [-0.1, -0.05) is 0 Å². The first-order valence-corrected chi connectivity index (χ1v) is 4.83. The van der Waals surface area contributed by atoms with E-state index in [0.29, 0.717) is 6.73 Å². The molecule has 0 unspecified atom stereocenters. The fourth-order valence-electron chi connectivity index (χ4n) is 0.769. The van der Waals surface area contributed by atoms with Crippen LogP contribution < -0.4 is 10.6 Å². The van der Waals surface area contributed by atoms with Gasteiger partial charge in [0.2, 0.25) is 0 Å². The molecule has 0 aromatic carbocycles. The van der Waals surface area contributed by atoms with E-state index in [1.165, 1.54) is 0 Å². The summed E-state index contributed by atoms with van der Waals surface area (Å²) >= 11 is 0. The number of ether oxygens (including phenoxy) is 1. The van der Waals surface area contributed by atoms with Gasteiger partial charge in [0.25, 0.3) is 0 Å². The van der Waals surface area contributed by atoms with Crippen LogP contribution in [0.1, 0.15) is 20.8 Å². The zero-order valence-electron chi connectivity index (χ0n) is 8.84. The van der Waals surface area contributed by atoms with Crippen molar-refractivity contribution in [3.05, 3.63) is 0 Å². The molecule has 4 nitrogen and oxygen atoms in total. The van der Waals surface area contributed by atoms with E-state index in [1.54, 1.807) is 0 Å². The fraction of sp³-hybridized carbons (Fsp3) is 1.00. The van der Waals surface area contributed by atoms with Crippen molar-refractivity contribution in [3.8, 4) is 0 Å². The van der Waals surface area contributed by atoms with Crippen LogP contribution in [0, 0.1) is 0 Å². The molecular formula is C9H22N2O2. The molecule has 0 aromatic heterocycles. The van der Waals surface area contributed by atoms with Gasteiger partial charge in [-0.2, -0.15) is 0 Å². The Kier molecular flexibility index (Phi) is 8.33. The lowest BCUT2D eigenvalue weighted by molar-refractivity contribution is 0.0647. The van der Waals surface area contributed by atoms with Crippen LogP contribution in [0.15, 0.2) is 0 Å². The highest BCUT2D eigenvalue weighted by Crippen LogP contribution is 1.83. The van der Waals surface area contributed by atoms with E-state index in [0.717, 1.165) is 13.1 Å². The predicted octanol–water partition coefficient (Wildman–Crippen LogP) is -0.0711. The van der Waals surface area contributed by atoms with Crippen LogP contribution in [0.2, 0.25) is 0 Å². The Balaban J connectivity index is 2.99. The van der Waals surface area contributed by atoms with Gasteiger partial charge in [0, 0.05) is 19.1 Å². The van der Waals surface area contributed by atoms with E-state index in [-0.39, 0.29) is 18.8 Å². The topological polar surface area (TPSA) is 53.5 Å². The van der Waals surface area contributed by atoms with Crippen molar-refractivity contribution < 1.29 is 9.84 Å². The molecule has 0 heterocycles. The smallest absolute Gasteiger partial charge is 0.0969 e. The van der Waals surface area contributed by atoms with E-state index < -0.39 is 0 Å². The molecule has 80 valence electrons. The summed E-state index contributed by atoms with van der Waals surface area (Å²) in [4.78, 5) is 0. The highest BCUT2D eigenvalue weighted by atomic mass is 16.5. The molecule has 0 aliphatic rings. The molecule has 0 saturated carbocycles.